The topological polar surface area (TPSA) is 24.9 Å². The molecule has 0 atom stereocenters. The highest BCUT2D eigenvalue weighted by Gasteiger charge is 2.08. The Kier molecular flexibility index (Phi) is 4.90. The number of nitrogens with one attached hydrogen (secondary N) is 1. The van der Waals surface area contributed by atoms with Gasteiger partial charge in [-0.15, -0.1) is 11.3 Å². The second kappa shape index (κ2) is 6.24. The molecular weight excluding hydrogens is 355 g/mol. The Balaban J connectivity index is 2.10. The molecule has 0 radical (unpaired) electrons. The fraction of sp³-hybridized carbons (Fsp3) is 0.250. The van der Waals surface area contributed by atoms with E-state index in [2.05, 4.69) is 33.2 Å². The van der Waals surface area contributed by atoms with Gasteiger partial charge in [0.05, 0.1) is 33.0 Å². The van der Waals surface area contributed by atoms with E-state index in [4.69, 9.17) is 23.2 Å². The van der Waals surface area contributed by atoms with Crippen molar-refractivity contribution in [2.24, 2.45) is 0 Å². The molecule has 96 valence electrons. The number of hydrogen-bond acceptors (Lipinski definition) is 3. The molecule has 0 aliphatic rings. The van der Waals surface area contributed by atoms with Gasteiger partial charge in [-0.25, -0.2) is 4.98 Å². The van der Waals surface area contributed by atoms with E-state index in [1.807, 2.05) is 17.5 Å². The minimum atomic E-state index is 0.598. The molecule has 0 saturated heterocycles. The number of benzene rings is 1. The number of hydrogen-bond donors (Lipinski definition) is 1. The van der Waals surface area contributed by atoms with Crippen LogP contribution in [-0.4, -0.2) is 4.98 Å². The lowest BCUT2D eigenvalue weighted by Crippen LogP contribution is -2.01. The van der Waals surface area contributed by atoms with Gasteiger partial charge in [-0.3, -0.25) is 0 Å². The summed E-state index contributed by atoms with van der Waals surface area (Å²) in [5.74, 6) is 0. The van der Waals surface area contributed by atoms with E-state index in [9.17, 15) is 0 Å². The molecule has 1 N–H and O–H groups in total. The summed E-state index contributed by atoms with van der Waals surface area (Å²) >= 11 is 17.3. The van der Waals surface area contributed by atoms with Gasteiger partial charge in [0.1, 0.15) is 0 Å². The van der Waals surface area contributed by atoms with Gasteiger partial charge in [-0.2, -0.15) is 0 Å². The van der Waals surface area contributed by atoms with Gasteiger partial charge >= 0.3 is 0 Å². The van der Waals surface area contributed by atoms with Crippen molar-refractivity contribution >= 4 is 56.2 Å². The van der Waals surface area contributed by atoms with Crippen LogP contribution in [0.5, 0.6) is 0 Å². The van der Waals surface area contributed by atoms with Gasteiger partial charge < -0.3 is 5.32 Å². The van der Waals surface area contributed by atoms with Crippen LogP contribution in [0.3, 0.4) is 0 Å². The van der Waals surface area contributed by atoms with E-state index in [-0.39, 0.29) is 0 Å². The first-order chi connectivity index (χ1) is 8.60. The molecule has 6 heteroatoms. The molecule has 0 aliphatic carbocycles. The zero-order valence-corrected chi connectivity index (χ0v) is 13.5. The smallest absolute Gasteiger partial charge is 0.0926 e. The molecule has 0 amide bonds. The molecule has 2 nitrogen and oxygen atoms in total. The van der Waals surface area contributed by atoms with Crippen LogP contribution >= 0.6 is 50.5 Å². The van der Waals surface area contributed by atoms with Crippen LogP contribution in [0.1, 0.15) is 17.6 Å². The van der Waals surface area contributed by atoms with Crippen LogP contribution in [0, 0.1) is 0 Å². The summed E-state index contributed by atoms with van der Waals surface area (Å²) in [7, 11) is 0. The number of aryl methyl sites for hydroxylation is 1. The monoisotopic (exact) mass is 364 g/mol. The van der Waals surface area contributed by atoms with E-state index in [0.29, 0.717) is 16.6 Å². The molecule has 2 rings (SSSR count). The Morgan fingerprint density at radius 3 is 2.56 bits per heavy atom. The average Bonchev–Trinajstić information content (AvgIpc) is 2.75. The van der Waals surface area contributed by atoms with Crippen molar-refractivity contribution in [3.05, 3.63) is 42.7 Å². The molecule has 0 aliphatic heterocycles. The fourth-order valence-electron chi connectivity index (χ4n) is 1.48. The highest BCUT2D eigenvalue weighted by atomic mass is 79.9. The lowest BCUT2D eigenvalue weighted by molar-refractivity contribution is 1.01. The van der Waals surface area contributed by atoms with E-state index in [1.165, 1.54) is 0 Å². The lowest BCUT2D eigenvalue weighted by Gasteiger charge is -2.09. The predicted molar refractivity (Wildman–Crippen MR) is 83.0 cm³/mol. The Morgan fingerprint density at radius 2 is 2.00 bits per heavy atom. The van der Waals surface area contributed by atoms with E-state index in [0.717, 1.165) is 27.3 Å². The van der Waals surface area contributed by atoms with Crippen LogP contribution in [0.15, 0.2) is 22.0 Å². The van der Waals surface area contributed by atoms with Crippen molar-refractivity contribution in [1.29, 1.82) is 0 Å². The summed E-state index contributed by atoms with van der Waals surface area (Å²) < 4.78 is 0.866. The second-order valence-corrected chi connectivity index (χ2v) is 6.36. The zero-order chi connectivity index (χ0) is 13.1. The molecule has 18 heavy (non-hydrogen) atoms. The van der Waals surface area contributed by atoms with Gasteiger partial charge in [0.15, 0.2) is 0 Å². The Morgan fingerprint density at radius 1 is 1.33 bits per heavy atom. The Bertz CT molecular complexity index is 534. The van der Waals surface area contributed by atoms with Crippen molar-refractivity contribution in [2.75, 3.05) is 5.32 Å². The third-order valence-corrected chi connectivity index (χ3v) is 4.45. The molecular formula is C12H11BrCl2N2S. The third kappa shape index (κ3) is 3.38. The van der Waals surface area contributed by atoms with Gasteiger partial charge in [-0.05, 0) is 18.6 Å². The molecule has 1 aromatic heterocycles. The number of halogens is 3. The quantitative estimate of drug-likeness (QED) is 0.785. The van der Waals surface area contributed by atoms with E-state index < -0.39 is 0 Å². The minimum Gasteiger partial charge on any atom is -0.377 e. The summed E-state index contributed by atoms with van der Waals surface area (Å²) in [5, 5.41) is 7.60. The summed E-state index contributed by atoms with van der Waals surface area (Å²) in [6, 6.07) is 3.63. The fourth-order valence-corrected chi connectivity index (χ4v) is 3.57. The first-order valence-electron chi connectivity index (χ1n) is 5.42. The molecule has 0 saturated carbocycles. The van der Waals surface area contributed by atoms with Gasteiger partial charge in [0.25, 0.3) is 0 Å². The number of rotatable bonds is 4. The van der Waals surface area contributed by atoms with Gasteiger partial charge in [0.2, 0.25) is 0 Å². The van der Waals surface area contributed by atoms with Crippen LogP contribution in [0.2, 0.25) is 10.0 Å². The van der Waals surface area contributed by atoms with Crippen LogP contribution in [0.25, 0.3) is 0 Å². The van der Waals surface area contributed by atoms with Crippen molar-refractivity contribution in [3.63, 3.8) is 0 Å². The Labute approximate surface area is 128 Å². The summed E-state index contributed by atoms with van der Waals surface area (Å²) in [4.78, 5) is 4.48. The first-order valence-corrected chi connectivity index (χ1v) is 7.84. The maximum Gasteiger partial charge on any atom is 0.0926 e. The highest BCUT2D eigenvalue weighted by Crippen LogP contribution is 2.34. The number of nitrogens with zero attached hydrogens (tertiary/aromatic N) is 1. The van der Waals surface area contributed by atoms with Crippen LogP contribution in [0.4, 0.5) is 5.69 Å². The van der Waals surface area contributed by atoms with Crippen LogP contribution < -0.4 is 5.32 Å². The van der Waals surface area contributed by atoms with Crippen molar-refractivity contribution < 1.29 is 0 Å². The SMILES string of the molecule is CCc1nc(CNc2c(Cl)cc(Br)cc2Cl)cs1. The van der Waals surface area contributed by atoms with Crippen molar-refractivity contribution in [2.45, 2.75) is 19.9 Å². The first kappa shape index (κ1) is 14.1. The molecule has 1 aromatic carbocycles. The van der Waals surface area contributed by atoms with Gasteiger partial charge in [-0.1, -0.05) is 46.1 Å². The van der Waals surface area contributed by atoms with Gasteiger partial charge in [0, 0.05) is 9.85 Å². The molecule has 2 aromatic rings. The maximum absolute atomic E-state index is 6.14. The highest BCUT2D eigenvalue weighted by molar-refractivity contribution is 9.10. The second-order valence-electron chi connectivity index (χ2n) is 3.68. The van der Waals surface area contributed by atoms with E-state index in [1.54, 1.807) is 11.3 Å². The van der Waals surface area contributed by atoms with Crippen LogP contribution in [-0.2, 0) is 13.0 Å². The standard InChI is InChI=1S/C12H11BrCl2N2S/c1-2-11-17-8(6-18-11)5-16-12-9(14)3-7(13)4-10(12)15/h3-4,6,16H,2,5H2,1H3. The predicted octanol–water partition coefficient (Wildman–Crippen LogP) is 5.39. The zero-order valence-electron chi connectivity index (χ0n) is 9.64. The van der Waals surface area contributed by atoms with Crippen molar-refractivity contribution in [3.8, 4) is 0 Å². The molecule has 0 bridgehead atoms. The maximum atomic E-state index is 6.14. The average molecular weight is 366 g/mol. The number of aromatic nitrogens is 1. The normalized spacial score (nSPS) is 10.7. The third-order valence-electron chi connectivity index (χ3n) is 2.35. The molecule has 0 unspecified atom stereocenters. The summed E-state index contributed by atoms with van der Waals surface area (Å²) in [6.07, 6.45) is 0.963. The summed E-state index contributed by atoms with van der Waals surface area (Å²) in [5.41, 5.74) is 1.75. The molecule has 0 spiro atoms. The molecule has 1 heterocycles. The Hall–Kier alpha value is -0.290. The summed E-state index contributed by atoms with van der Waals surface area (Å²) in [6.45, 7) is 2.72. The van der Waals surface area contributed by atoms with E-state index >= 15 is 0 Å². The lowest BCUT2D eigenvalue weighted by atomic mass is 10.3. The largest absolute Gasteiger partial charge is 0.377 e. The number of thiazole rings is 1. The van der Waals surface area contributed by atoms with Crippen molar-refractivity contribution in [1.82, 2.24) is 4.98 Å². The number of anilines is 1. The minimum absolute atomic E-state index is 0.598. The molecule has 0 fully saturated rings.